The van der Waals surface area contributed by atoms with Crippen LogP contribution >= 0.6 is 11.8 Å². The molecule has 0 fully saturated rings. The topological polar surface area (TPSA) is 66.0 Å². The number of halogens is 1. The quantitative estimate of drug-likeness (QED) is 0.625. The van der Waals surface area contributed by atoms with E-state index >= 15 is 0 Å². The summed E-state index contributed by atoms with van der Waals surface area (Å²) in [7, 11) is 1.68. The smallest absolute Gasteiger partial charge is 0.195 e. The van der Waals surface area contributed by atoms with Crippen molar-refractivity contribution >= 4 is 11.8 Å². The molecule has 0 saturated heterocycles. The molecule has 0 amide bonds. The lowest BCUT2D eigenvalue weighted by molar-refractivity contribution is 0.200. The van der Waals surface area contributed by atoms with Crippen LogP contribution in [0, 0.1) is 5.82 Å². The Hall–Kier alpha value is -1.44. The van der Waals surface area contributed by atoms with E-state index < -0.39 is 0 Å². The molecule has 2 aromatic rings. The van der Waals surface area contributed by atoms with Crippen molar-refractivity contribution in [2.24, 2.45) is 5.73 Å². The van der Waals surface area contributed by atoms with Crippen LogP contribution in [0.15, 0.2) is 29.4 Å². The summed E-state index contributed by atoms with van der Waals surface area (Å²) in [6.45, 7) is 0.991. The second-order valence-electron chi connectivity index (χ2n) is 4.11. The van der Waals surface area contributed by atoms with E-state index in [-0.39, 0.29) is 12.4 Å². The fraction of sp³-hybridized carbons (Fsp3) is 0.385. The van der Waals surface area contributed by atoms with Crippen LogP contribution in [0.3, 0.4) is 0 Å². The van der Waals surface area contributed by atoms with Gasteiger partial charge in [-0.1, -0.05) is 11.8 Å². The predicted molar refractivity (Wildman–Crippen MR) is 76.4 cm³/mol. The third-order valence-electron chi connectivity index (χ3n) is 2.69. The number of nitrogens with two attached hydrogens (primary N) is 1. The zero-order chi connectivity index (χ0) is 14.4. The van der Waals surface area contributed by atoms with Gasteiger partial charge in [-0.2, -0.15) is 0 Å². The molecular formula is C13H17FN4OS. The average Bonchev–Trinajstić information content (AvgIpc) is 2.87. The van der Waals surface area contributed by atoms with Gasteiger partial charge in [0.2, 0.25) is 0 Å². The summed E-state index contributed by atoms with van der Waals surface area (Å²) in [5.41, 5.74) is 6.49. The molecule has 1 aromatic heterocycles. The summed E-state index contributed by atoms with van der Waals surface area (Å²) in [5, 5.41) is 8.98. The van der Waals surface area contributed by atoms with E-state index in [0.717, 1.165) is 23.0 Å². The summed E-state index contributed by atoms with van der Waals surface area (Å²) in [6, 6.07) is 6.21. The molecule has 2 rings (SSSR count). The third-order valence-corrected chi connectivity index (χ3v) is 3.71. The molecule has 7 heteroatoms. The average molecular weight is 296 g/mol. The molecule has 1 aromatic carbocycles. The first-order valence-corrected chi connectivity index (χ1v) is 7.27. The molecule has 108 valence electrons. The number of thioether (sulfide) groups is 1. The van der Waals surface area contributed by atoms with Gasteiger partial charge in [0.25, 0.3) is 0 Å². The predicted octanol–water partition coefficient (Wildman–Crippen LogP) is 1.99. The standard InChI is InChI=1S/C13H17FN4OS/c1-19-7-2-8-20-13-17-16-12(9-15)18(13)11-5-3-10(14)4-6-11/h3-6H,2,7-9,15H2,1H3. The summed E-state index contributed by atoms with van der Waals surface area (Å²) in [5.74, 6) is 1.26. The number of ether oxygens (including phenoxy) is 1. The SMILES string of the molecule is COCCCSc1nnc(CN)n1-c1ccc(F)cc1. The minimum absolute atomic E-state index is 0.273. The molecule has 0 atom stereocenters. The number of methoxy groups -OCH3 is 1. The van der Waals surface area contributed by atoms with Crippen LogP contribution in [0.5, 0.6) is 0 Å². The molecule has 0 aliphatic carbocycles. The summed E-state index contributed by atoms with van der Waals surface area (Å²) < 4.78 is 19.9. The van der Waals surface area contributed by atoms with Crippen LogP contribution in [-0.2, 0) is 11.3 Å². The molecule has 0 spiro atoms. The van der Waals surface area contributed by atoms with Crippen molar-refractivity contribution in [2.45, 2.75) is 18.1 Å². The van der Waals surface area contributed by atoms with Gasteiger partial charge in [-0.15, -0.1) is 10.2 Å². The molecule has 0 aliphatic heterocycles. The van der Waals surface area contributed by atoms with Gasteiger partial charge in [0.1, 0.15) is 5.82 Å². The first-order chi connectivity index (χ1) is 9.76. The fourth-order valence-electron chi connectivity index (χ4n) is 1.74. The third kappa shape index (κ3) is 3.56. The van der Waals surface area contributed by atoms with Crippen LogP contribution in [0.2, 0.25) is 0 Å². The fourth-order valence-corrected chi connectivity index (χ4v) is 2.63. The Labute approximate surface area is 121 Å². The van der Waals surface area contributed by atoms with Crippen molar-refractivity contribution in [2.75, 3.05) is 19.5 Å². The van der Waals surface area contributed by atoms with E-state index in [1.54, 1.807) is 31.0 Å². The van der Waals surface area contributed by atoms with E-state index in [1.165, 1.54) is 12.1 Å². The molecule has 0 bridgehead atoms. The van der Waals surface area contributed by atoms with Crippen molar-refractivity contribution in [3.8, 4) is 5.69 Å². The second kappa shape index (κ2) is 7.37. The van der Waals surface area contributed by atoms with Gasteiger partial charge in [-0.05, 0) is 30.7 Å². The maximum absolute atomic E-state index is 13.0. The lowest BCUT2D eigenvalue weighted by Crippen LogP contribution is -2.08. The number of hydrogen-bond acceptors (Lipinski definition) is 5. The number of rotatable bonds is 7. The monoisotopic (exact) mass is 296 g/mol. The summed E-state index contributed by atoms with van der Waals surface area (Å²) in [4.78, 5) is 0. The summed E-state index contributed by atoms with van der Waals surface area (Å²) in [6.07, 6.45) is 0.926. The zero-order valence-corrected chi connectivity index (χ0v) is 12.1. The lowest BCUT2D eigenvalue weighted by Gasteiger charge is -2.09. The molecule has 0 saturated carbocycles. The maximum atomic E-state index is 13.0. The van der Waals surface area contributed by atoms with Gasteiger partial charge in [-0.3, -0.25) is 4.57 Å². The molecule has 2 N–H and O–H groups in total. The van der Waals surface area contributed by atoms with Crippen LogP contribution in [0.1, 0.15) is 12.2 Å². The van der Waals surface area contributed by atoms with E-state index in [9.17, 15) is 4.39 Å². The van der Waals surface area contributed by atoms with Gasteiger partial charge in [-0.25, -0.2) is 4.39 Å². The first kappa shape index (κ1) is 15.0. The van der Waals surface area contributed by atoms with Crippen LogP contribution < -0.4 is 5.73 Å². The molecule has 20 heavy (non-hydrogen) atoms. The van der Waals surface area contributed by atoms with Crippen molar-refractivity contribution in [1.29, 1.82) is 0 Å². The van der Waals surface area contributed by atoms with E-state index in [1.807, 2.05) is 4.57 Å². The zero-order valence-electron chi connectivity index (χ0n) is 11.3. The van der Waals surface area contributed by atoms with Gasteiger partial charge < -0.3 is 10.5 Å². The number of aromatic nitrogens is 3. The van der Waals surface area contributed by atoms with Crippen LogP contribution in [0.4, 0.5) is 4.39 Å². The Bertz CT molecular complexity index is 544. The highest BCUT2D eigenvalue weighted by atomic mass is 32.2. The Morgan fingerprint density at radius 1 is 1.30 bits per heavy atom. The first-order valence-electron chi connectivity index (χ1n) is 6.28. The molecule has 0 aliphatic rings. The molecular weight excluding hydrogens is 279 g/mol. The summed E-state index contributed by atoms with van der Waals surface area (Å²) >= 11 is 1.58. The lowest BCUT2D eigenvalue weighted by atomic mass is 10.3. The van der Waals surface area contributed by atoms with E-state index in [2.05, 4.69) is 10.2 Å². The number of nitrogens with zero attached hydrogens (tertiary/aromatic N) is 3. The Balaban J connectivity index is 2.20. The number of benzene rings is 1. The van der Waals surface area contributed by atoms with Gasteiger partial charge >= 0.3 is 0 Å². The van der Waals surface area contributed by atoms with Crippen molar-refractivity contribution in [1.82, 2.24) is 14.8 Å². The van der Waals surface area contributed by atoms with E-state index in [0.29, 0.717) is 12.4 Å². The van der Waals surface area contributed by atoms with Crippen molar-refractivity contribution < 1.29 is 9.13 Å². The minimum atomic E-state index is -0.273. The van der Waals surface area contributed by atoms with Crippen molar-refractivity contribution in [3.05, 3.63) is 35.9 Å². The molecule has 1 heterocycles. The van der Waals surface area contributed by atoms with Gasteiger partial charge in [0, 0.05) is 25.2 Å². The Morgan fingerprint density at radius 3 is 2.70 bits per heavy atom. The second-order valence-corrected chi connectivity index (χ2v) is 5.17. The highest BCUT2D eigenvalue weighted by Crippen LogP contribution is 2.22. The highest BCUT2D eigenvalue weighted by Gasteiger charge is 2.13. The molecule has 5 nitrogen and oxygen atoms in total. The normalized spacial score (nSPS) is 10.9. The van der Waals surface area contributed by atoms with Crippen LogP contribution in [0.25, 0.3) is 5.69 Å². The Kier molecular flexibility index (Phi) is 5.51. The Morgan fingerprint density at radius 2 is 2.05 bits per heavy atom. The van der Waals surface area contributed by atoms with Crippen LogP contribution in [-0.4, -0.2) is 34.2 Å². The minimum Gasteiger partial charge on any atom is -0.385 e. The van der Waals surface area contributed by atoms with Gasteiger partial charge in [0.05, 0.1) is 6.54 Å². The van der Waals surface area contributed by atoms with Gasteiger partial charge in [0.15, 0.2) is 11.0 Å². The highest BCUT2D eigenvalue weighted by molar-refractivity contribution is 7.99. The van der Waals surface area contributed by atoms with Crippen molar-refractivity contribution in [3.63, 3.8) is 0 Å². The largest absolute Gasteiger partial charge is 0.385 e. The molecule has 0 radical (unpaired) electrons. The number of hydrogen-bond donors (Lipinski definition) is 1. The maximum Gasteiger partial charge on any atom is 0.195 e. The molecule has 0 unspecified atom stereocenters. The van der Waals surface area contributed by atoms with E-state index in [4.69, 9.17) is 10.5 Å².